The Labute approximate surface area is 92.9 Å². The minimum Gasteiger partial charge on any atom is -0.477 e. The van der Waals surface area contributed by atoms with Crippen molar-refractivity contribution >= 4 is 17.3 Å². The maximum atomic E-state index is 10.8. The quantitative estimate of drug-likeness (QED) is 0.843. The summed E-state index contributed by atoms with van der Waals surface area (Å²) < 4.78 is 5.48. The molecule has 5 heteroatoms. The topological polar surface area (TPSA) is 59.4 Å². The first-order valence-corrected chi connectivity index (χ1v) is 5.74. The standard InChI is InChI=1S/C10H15NO3S/c1-4-7(14-5-2)9-11-6(3)8(15-9)10(12)13/h7H,4-5H2,1-3H3,(H,12,13). The predicted molar refractivity (Wildman–Crippen MR) is 58.5 cm³/mol. The van der Waals surface area contributed by atoms with Gasteiger partial charge in [0.2, 0.25) is 0 Å². The van der Waals surface area contributed by atoms with Crippen LogP contribution in [0.4, 0.5) is 0 Å². The Kier molecular flexibility index (Phi) is 4.23. The minimum absolute atomic E-state index is 0.0770. The van der Waals surface area contributed by atoms with Crippen molar-refractivity contribution in [1.82, 2.24) is 4.98 Å². The molecule has 0 radical (unpaired) electrons. The third kappa shape index (κ3) is 2.76. The van der Waals surface area contributed by atoms with E-state index in [4.69, 9.17) is 9.84 Å². The van der Waals surface area contributed by atoms with Gasteiger partial charge in [0.1, 0.15) is 16.0 Å². The van der Waals surface area contributed by atoms with Gasteiger partial charge >= 0.3 is 5.97 Å². The summed E-state index contributed by atoms with van der Waals surface area (Å²) in [6.07, 6.45) is 0.728. The summed E-state index contributed by atoms with van der Waals surface area (Å²) in [7, 11) is 0. The zero-order chi connectivity index (χ0) is 11.4. The molecule has 0 saturated heterocycles. The molecule has 0 aliphatic rings. The molecule has 1 rings (SSSR count). The number of carbonyl (C=O) groups is 1. The fourth-order valence-electron chi connectivity index (χ4n) is 1.32. The number of aryl methyl sites for hydroxylation is 1. The van der Waals surface area contributed by atoms with Crippen molar-refractivity contribution in [3.63, 3.8) is 0 Å². The van der Waals surface area contributed by atoms with Crippen LogP contribution < -0.4 is 0 Å². The lowest BCUT2D eigenvalue weighted by Crippen LogP contribution is -2.02. The highest BCUT2D eigenvalue weighted by Crippen LogP contribution is 2.27. The zero-order valence-corrected chi connectivity index (χ0v) is 9.93. The number of carboxylic acids is 1. The monoisotopic (exact) mass is 229 g/mol. The first-order chi connectivity index (χ1) is 7.10. The number of aromatic nitrogens is 1. The van der Waals surface area contributed by atoms with Crippen LogP contribution in [0.3, 0.4) is 0 Å². The number of rotatable bonds is 5. The SMILES string of the molecule is CCOC(CC)c1nc(C)c(C(=O)O)s1. The van der Waals surface area contributed by atoms with Crippen molar-refractivity contribution in [3.05, 3.63) is 15.6 Å². The third-order valence-corrected chi connectivity index (χ3v) is 3.26. The molecule has 0 spiro atoms. The lowest BCUT2D eigenvalue weighted by Gasteiger charge is -2.10. The van der Waals surface area contributed by atoms with E-state index in [0.29, 0.717) is 17.2 Å². The van der Waals surface area contributed by atoms with Gasteiger partial charge in [0.05, 0.1) is 5.69 Å². The van der Waals surface area contributed by atoms with Gasteiger partial charge in [0.25, 0.3) is 0 Å². The Hall–Kier alpha value is -0.940. The third-order valence-electron chi connectivity index (χ3n) is 2.02. The van der Waals surface area contributed by atoms with Crippen LogP contribution in [-0.2, 0) is 4.74 Å². The molecule has 4 nitrogen and oxygen atoms in total. The largest absolute Gasteiger partial charge is 0.477 e. The highest BCUT2D eigenvalue weighted by atomic mass is 32.1. The molecule has 1 heterocycles. The molecule has 0 saturated carbocycles. The lowest BCUT2D eigenvalue weighted by atomic mass is 10.3. The molecule has 0 fully saturated rings. The first-order valence-electron chi connectivity index (χ1n) is 4.92. The van der Waals surface area contributed by atoms with Crippen molar-refractivity contribution in [2.24, 2.45) is 0 Å². The van der Waals surface area contributed by atoms with Gasteiger partial charge in [-0.2, -0.15) is 0 Å². The summed E-state index contributed by atoms with van der Waals surface area (Å²) in [6.45, 7) is 6.24. The highest BCUT2D eigenvalue weighted by Gasteiger charge is 2.19. The number of hydrogen-bond acceptors (Lipinski definition) is 4. The van der Waals surface area contributed by atoms with Gasteiger partial charge in [0.15, 0.2) is 0 Å². The average Bonchev–Trinajstić information content (AvgIpc) is 2.56. The van der Waals surface area contributed by atoms with Crippen LogP contribution in [0.25, 0.3) is 0 Å². The summed E-state index contributed by atoms with van der Waals surface area (Å²) in [4.78, 5) is 15.4. The molecule has 1 unspecified atom stereocenters. The Bertz CT molecular complexity index is 348. The Morgan fingerprint density at radius 1 is 1.60 bits per heavy atom. The van der Waals surface area contributed by atoms with Crippen molar-refractivity contribution in [1.29, 1.82) is 0 Å². The number of ether oxygens (including phenoxy) is 1. The van der Waals surface area contributed by atoms with E-state index in [-0.39, 0.29) is 6.10 Å². The van der Waals surface area contributed by atoms with Gasteiger partial charge in [0, 0.05) is 6.61 Å². The molecule has 1 atom stereocenters. The number of hydrogen-bond donors (Lipinski definition) is 1. The van der Waals surface area contributed by atoms with Gasteiger partial charge in [-0.15, -0.1) is 11.3 Å². The van der Waals surface area contributed by atoms with Gasteiger partial charge < -0.3 is 9.84 Å². The van der Waals surface area contributed by atoms with Crippen LogP contribution >= 0.6 is 11.3 Å². The number of thiazole rings is 1. The van der Waals surface area contributed by atoms with Crippen LogP contribution in [0, 0.1) is 6.92 Å². The summed E-state index contributed by atoms with van der Waals surface area (Å²) >= 11 is 1.20. The maximum absolute atomic E-state index is 10.8. The fraction of sp³-hybridized carbons (Fsp3) is 0.600. The molecule has 1 N–H and O–H groups in total. The maximum Gasteiger partial charge on any atom is 0.347 e. The normalized spacial score (nSPS) is 12.7. The zero-order valence-electron chi connectivity index (χ0n) is 9.11. The van der Waals surface area contributed by atoms with E-state index in [0.717, 1.165) is 11.4 Å². The van der Waals surface area contributed by atoms with Gasteiger partial charge in [-0.05, 0) is 20.3 Å². The molecule has 84 valence electrons. The number of carboxylic acid groups (broad SMARTS) is 1. The fourth-order valence-corrected chi connectivity index (χ4v) is 2.36. The molecule has 0 aliphatic carbocycles. The molecule has 15 heavy (non-hydrogen) atoms. The van der Waals surface area contributed by atoms with E-state index in [1.807, 2.05) is 13.8 Å². The number of aromatic carboxylic acids is 1. The second-order valence-corrected chi connectivity index (χ2v) is 4.15. The van der Waals surface area contributed by atoms with Crippen molar-refractivity contribution in [2.45, 2.75) is 33.3 Å². The molecule has 0 amide bonds. The van der Waals surface area contributed by atoms with E-state index >= 15 is 0 Å². The molecule has 1 aromatic rings. The Morgan fingerprint density at radius 3 is 2.67 bits per heavy atom. The summed E-state index contributed by atoms with van der Waals surface area (Å²) in [5, 5.41) is 9.65. The van der Waals surface area contributed by atoms with E-state index in [9.17, 15) is 4.79 Å². The smallest absolute Gasteiger partial charge is 0.347 e. The van der Waals surface area contributed by atoms with Crippen LogP contribution in [0.15, 0.2) is 0 Å². The van der Waals surface area contributed by atoms with E-state index in [1.165, 1.54) is 11.3 Å². The highest BCUT2D eigenvalue weighted by molar-refractivity contribution is 7.13. The van der Waals surface area contributed by atoms with Crippen LogP contribution in [0.1, 0.15) is 46.7 Å². The molecular formula is C10H15NO3S. The van der Waals surface area contributed by atoms with Gasteiger partial charge in [-0.1, -0.05) is 6.92 Å². The van der Waals surface area contributed by atoms with Gasteiger partial charge in [-0.3, -0.25) is 0 Å². The number of nitrogens with zero attached hydrogens (tertiary/aromatic N) is 1. The molecule has 1 aromatic heterocycles. The summed E-state index contributed by atoms with van der Waals surface area (Å²) in [5.74, 6) is -0.914. The molecule has 0 aromatic carbocycles. The summed E-state index contributed by atoms with van der Waals surface area (Å²) in [6, 6.07) is 0. The first kappa shape index (κ1) is 12.1. The van der Waals surface area contributed by atoms with E-state index < -0.39 is 5.97 Å². The second-order valence-electron chi connectivity index (χ2n) is 3.12. The summed E-state index contributed by atoms with van der Waals surface area (Å²) in [5.41, 5.74) is 0.570. The van der Waals surface area contributed by atoms with Crippen molar-refractivity contribution < 1.29 is 14.6 Å². The van der Waals surface area contributed by atoms with Crippen LogP contribution in [0.5, 0.6) is 0 Å². The Morgan fingerprint density at radius 2 is 2.27 bits per heavy atom. The molecular weight excluding hydrogens is 214 g/mol. The lowest BCUT2D eigenvalue weighted by molar-refractivity contribution is 0.0595. The van der Waals surface area contributed by atoms with Crippen molar-refractivity contribution in [3.8, 4) is 0 Å². The Balaban J connectivity index is 2.94. The molecule has 0 aliphatic heterocycles. The minimum atomic E-state index is -0.914. The second kappa shape index (κ2) is 5.23. The average molecular weight is 229 g/mol. The predicted octanol–water partition coefficient (Wildman–Crippen LogP) is 2.64. The molecule has 0 bridgehead atoms. The van der Waals surface area contributed by atoms with Crippen molar-refractivity contribution in [2.75, 3.05) is 6.61 Å². The van der Waals surface area contributed by atoms with Crippen LogP contribution in [0.2, 0.25) is 0 Å². The van der Waals surface area contributed by atoms with E-state index in [1.54, 1.807) is 6.92 Å². The van der Waals surface area contributed by atoms with Gasteiger partial charge in [-0.25, -0.2) is 9.78 Å². The van der Waals surface area contributed by atoms with E-state index in [2.05, 4.69) is 4.98 Å². The van der Waals surface area contributed by atoms with Crippen LogP contribution in [-0.4, -0.2) is 22.7 Å².